The van der Waals surface area contributed by atoms with Crippen LogP contribution in [0.2, 0.25) is 0 Å². The minimum atomic E-state index is -0.728. The standard InChI is InChI=1S/C16H20FNO3/c1-2-21-14(19)11-18-15(20)16(8-3-4-9-16)12-6-5-7-13(17)10-12/h5-7,10H,2-4,8-9,11H2,1H3,(H,18,20). The normalized spacial score (nSPS) is 16.5. The molecule has 21 heavy (non-hydrogen) atoms. The number of nitrogens with one attached hydrogen (secondary N) is 1. The number of ether oxygens (including phenoxy) is 1. The lowest BCUT2D eigenvalue weighted by atomic mass is 9.78. The van der Waals surface area contributed by atoms with E-state index in [4.69, 9.17) is 4.74 Å². The maximum atomic E-state index is 13.5. The lowest BCUT2D eigenvalue weighted by molar-refractivity contribution is -0.144. The van der Waals surface area contributed by atoms with Crippen molar-refractivity contribution in [1.82, 2.24) is 5.32 Å². The minimum absolute atomic E-state index is 0.149. The number of halogens is 1. The highest BCUT2D eigenvalue weighted by molar-refractivity contribution is 5.91. The first-order valence-electron chi connectivity index (χ1n) is 7.28. The van der Waals surface area contributed by atoms with Gasteiger partial charge in [0.15, 0.2) is 0 Å². The van der Waals surface area contributed by atoms with Gasteiger partial charge in [0.2, 0.25) is 5.91 Å². The number of benzene rings is 1. The lowest BCUT2D eigenvalue weighted by Crippen LogP contribution is -2.44. The zero-order chi connectivity index (χ0) is 15.3. The minimum Gasteiger partial charge on any atom is -0.465 e. The van der Waals surface area contributed by atoms with E-state index in [-0.39, 0.29) is 24.9 Å². The number of amides is 1. The molecule has 1 N–H and O–H groups in total. The van der Waals surface area contributed by atoms with Crippen LogP contribution in [0.15, 0.2) is 24.3 Å². The second kappa shape index (κ2) is 6.70. The Morgan fingerprint density at radius 3 is 2.67 bits per heavy atom. The highest BCUT2D eigenvalue weighted by Crippen LogP contribution is 2.41. The number of rotatable bonds is 5. The van der Waals surface area contributed by atoms with Crippen molar-refractivity contribution in [2.24, 2.45) is 0 Å². The first-order chi connectivity index (χ1) is 10.1. The van der Waals surface area contributed by atoms with Crippen molar-refractivity contribution >= 4 is 11.9 Å². The van der Waals surface area contributed by atoms with E-state index in [2.05, 4.69) is 5.32 Å². The van der Waals surface area contributed by atoms with E-state index < -0.39 is 11.4 Å². The summed E-state index contributed by atoms with van der Waals surface area (Å²) in [6.07, 6.45) is 3.18. The van der Waals surface area contributed by atoms with Gasteiger partial charge in [-0.25, -0.2) is 4.39 Å². The molecule has 5 heteroatoms. The van der Waals surface area contributed by atoms with Crippen LogP contribution in [-0.2, 0) is 19.7 Å². The van der Waals surface area contributed by atoms with Gasteiger partial charge < -0.3 is 10.1 Å². The summed E-state index contributed by atoms with van der Waals surface area (Å²) < 4.78 is 18.3. The molecule has 1 aromatic carbocycles. The van der Waals surface area contributed by atoms with Crippen LogP contribution in [0.5, 0.6) is 0 Å². The molecule has 1 aliphatic rings. The summed E-state index contributed by atoms with van der Waals surface area (Å²) in [7, 11) is 0. The van der Waals surface area contributed by atoms with Gasteiger partial charge in [0, 0.05) is 0 Å². The predicted octanol–water partition coefficient (Wildman–Crippen LogP) is 2.32. The Balaban J connectivity index is 2.14. The lowest BCUT2D eigenvalue weighted by Gasteiger charge is -2.28. The van der Waals surface area contributed by atoms with Crippen LogP contribution in [0.1, 0.15) is 38.2 Å². The van der Waals surface area contributed by atoms with E-state index in [9.17, 15) is 14.0 Å². The van der Waals surface area contributed by atoms with E-state index in [1.54, 1.807) is 19.1 Å². The Morgan fingerprint density at radius 2 is 2.05 bits per heavy atom. The molecule has 1 fully saturated rings. The number of hydrogen-bond acceptors (Lipinski definition) is 3. The Hall–Kier alpha value is -1.91. The summed E-state index contributed by atoms with van der Waals surface area (Å²) in [5.74, 6) is -1.03. The molecule has 0 aromatic heterocycles. The molecule has 0 radical (unpaired) electrons. The highest BCUT2D eigenvalue weighted by Gasteiger charge is 2.42. The number of carbonyl (C=O) groups is 2. The monoisotopic (exact) mass is 293 g/mol. The maximum Gasteiger partial charge on any atom is 0.325 e. The van der Waals surface area contributed by atoms with Crippen LogP contribution < -0.4 is 5.32 Å². The number of carbonyl (C=O) groups excluding carboxylic acids is 2. The SMILES string of the molecule is CCOC(=O)CNC(=O)C1(c2cccc(F)c2)CCCC1. The molecule has 0 bridgehead atoms. The van der Waals surface area contributed by atoms with Crippen LogP contribution in [-0.4, -0.2) is 25.0 Å². The van der Waals surface area contributed by atoms with Gasteiger partial charge in [-0.1, -0.05) is 25.0 Å². The Bertz CT molecular complexity index is 524. The first-order valence-corrected chi connectivity index (χ1v) is 7.28. The van der Waals surface area contributed by atoms with Crippen LogP contribution in [0, 0.1) is 5.82 Å². The second-order valence-electron chi connectivity index (χ2n) is 5.29. The molecule has 0 heterocycles. The fourth-order valence-corrected chi connectivity index (χ4v) is 2.95. The van der Waals surface area contributed by atoms with Gasteiger partial charge in [0.25, 0.3) is 0 Å². The summed E-state index contributed by atoms with van der Waals surface area (Å²) >= 11 is 0. The molecule has 0 unspecified atom stereocenters. The summed E-state index contributed by atoms with van der Waals surface area (Å²) in [5, 5.41) is 2.63. The van der Waals surface area contributed by atoms with E-state index in [0.29, 0.717) is 18.4 Å². The third-order valence-electron chi connectivity index (χ3n) is 3.97. The zero-order valence-electron chi connectivity index (χ0n) is 12.2. The second-order valence-corrected chi connectivity index (χ2v) is 5.29. The Labute approximate surface area is 123 Å². The third-order valence-corrected chi connectivity index (χ3v) is 3.97. The summed E-state index contributed by atoms with van der Waals surface area (Å²) in [6, 6.07) is 6.17. The number of hydrogen-bond donors (Lipinski definition) is 1. The molecule has 0 atom stereocenters. The van der Waals surface area contributed by atoms with Gasteiger partial charge in [0.05, 0.1) is 12.0 Å². The molecule has 0 saturated heterocycles. The van der Waals surface area contributed by atoms with Crippen LogP contribution in [0.4, 0.5) is 4.39 Å². The highest BCUT2D eigenvalue weighted by atomic mass is 19.1. The quantitative estimate of drug-likeness (QED) is 0.848. The molecule has 114 valence electrons. The van der Waals surface area contributed by atoms with Crippen molar-refractivity contribution in [1.29, 1.82) is 0 Å². The summed E-state index contributed by atoms with van der Waals surface area (Å²) in [4.78, 5) is 23.9. The molecule has 2 rings (SSSR count). The fraction of sp³-hybridized carbons (Fsp3) is 0.500. The van der Waals surface area contributed by atoms with Crippen molar-refractivity contribution in [3.8, 4) is 0 Å². The predicted molar refractivity (Wildman–Crippen MR) is 76.2 cm³/mol. The van der Waals surface area contributed by atoms with Crippen LogP contribution in [0.3, 0.4) is 0 Å². The summed E-state index contributed by atoms with van der Waals surface area (Å²) in [5.41, 5.74) is -0.0458. The third kappa shape index (κ3) is 3.40. The molecule has 4 nitrogen and oxygen atoms in total. The summed E-state index contributed by atoms with van der Waals surface area (Å²) in [6.45, 7) is 1.85. The van der Waals surface area contributed by atoms with E-state index in [1.165, 1.54) is 12.1 Å². The molecule has 0 aliphatic heterocycles. The molecule has 1 amide bonds. The average Bonchev–Trinajstić information content (AvgIpc) is 2.96. The molecule has 0 spiro atoms. The maximum absolute atomic E-state index is 13.5. The molecule has 1 aromatic rings. The van der Waals surface area contributed by atoms with Crippen LogP contribution in [0.25, 0.3) is 0 Å². The van der Waals surface area contributed by atoms with Crippen molar-refractivity contribution in [2.45, 2.75) is 38.0 Å². The topological polar surface area (TPSA) is 55.4 Å². The van der Waals surface area contributed by atoms with Crippen molar-refractivity contribution < 1.29 is 18.7 Å². The molecular weight excluding hydrogens is 273 g/mol. The van der Waals surface area contributed by atoms with Crippen molar-refractivity contribution in [3.63, 3.8) is 0 Å². The molecular formula is C16H20FNO3. The average molecular weight is 293 g/mol. The van der Waals surface area contributed by atoms with Crippen LogP contribution >= 0.6 is 0 Å². The molecule has 1 saturated carbocycles. The zero-order valence-corrected chi connectivity index (χ0v) is 12.2. The van der Waals surface area contributed by atoms with Crippen molar-refractivity contribution in [2.75, 3.05) is 13.2 Å². The van der Waals surface area contributed by atoms with Gasteiger partial charge in [-0.15, -0.1) is 0 Å². The van der Waals surface area contributed by atoms with Gasteiger partial charge >= 0.3 is 5.97 Å². The number of esters is 1. The van der Waals surface area contributed by atoms with E-state index in [1.807, 2.05) is 0 Å². The van der Waals surface area contributed by atoms with Crippen molar-refractivity contribution in [3.05, 3.63) is 35.6 Å². The Morgan fingerprint density at radius 1 is 1.33 bits per heavy atom. The van der Waals surface area contributed by atoms with Gasteiger partial charge in [-0.3, -0.25) is 9.59 Å². The van der Waals surface area contributed by atoms with Gasteiger partial charge in [-0.05, 0) is 37.5 Å². The smallest absolute Gasteiger partial charge is 0.325 e. The van der Waals surface area contributed by atoms with Gasteiger partial charge in [0.1, 0.15) is 12.4 Å². The Kier molecular flexibility index (Phi) is 4.94. The largest absolute Gasteiger partial charge is 0.465 e. The van der Waals surface area contributed by atoms with Gasteiger partial charge in [-0.2, -0.15) is 0 Å². The fourth-order valence-electron chi connectivity index (χ4n) is 2.95. The molecule has 1 aliphatic carbocycles. The van der Waals surface area contributed by atoms with E-state index in [0.717, 1.165) is 12.8 Å². The van der Waals surface area contributed by atoms with E-state index >= 15 is 0 Å². The first kappa shape index (κ1) is 15.5.